The van der Waals surface area contributed by atoms with Crippen LogP contribution in [0.3, 0.4) is 0 Å². The number of aromatic nitrogens is 1. The number of hydrogen-bond acceptors (Lipinski definition) is 2. The molecule has 0 radical (unpaired) electrons. The summed E-state index contributed by atoms with van der Waals surface area (Å²) in [5, 5.41) is 3.48. The van der Waals surface area contributed by atoms with Crippen LogP contribution in [0.4, 0.5) is 0 Å². The highest BCUT2D eigenvalue weighted by Gasteiger charge is 2.39. The van der Waals surface area contributed by atoms with Crippen molar-refractivity contribution in [3.63, 3.8) is 0 Å². The fraction of sp³-hybridized carbons (Fsp3) is 0.684. The van der Waals surface area contributed by atoms with Gasteiger partial charge >= 0.3 is 0 Å². The van der Waals surface area contributed by atoms with E-state index in [4.69, 9.17) is 4.99 Å². The first kappa shape index (κ1) is 16.3. The molecule has 0 unspecified atom stereocenters. The molecule has 23 heavy (non-hydrogen) atoms. The predicted octanol–water partition coefficient (Wildman–Crippen LogP) is 3.51. The Labute approximate surface area is 140 Å². The Bertz CT molecular complexity index is 546. The van der Waals surface area contributed by atoms with E-state index in [0.717, 1.165) is 30.4 Å². The van der Waals surface area contributed by atoms with Gasteiger partial charge in [0.2, 0.25) is 0 Å². The molecule has 2 heterocycles. The van der Waals surface area contributed by atoms with Crippen molar-refractivity contribution < 1.29 is 0 Å². The summed E-state index contributed by atoms with van der Waals surface area (Å²) in [6.45, 7) is 8.09. The zero-order valence-electron chi connectivity index (χ0n) is 14.6. The summed E-state index contributed by atoms with van der Waals surface area (Å²) < 4.78 is 0. The van der Waals surface area contributed by atoms with Crippen LogP contribution in [0.15, 0.2) is 23.2 Å². The fourth-order valence-electron chi connectivity index (χ4n) is 4.10. The molecule has 0 aromatic carbocycles. The second kappa shape index (κ2) is 7.33. The Hall–Kier alpha value is -1.58. The van der Waals surface area contributed by atoms with Gasteiger partial charge < -0.3 is 10.2 Å². The number of rotatable bonds is 3. The molecule has 3 rings (SSSR count). The molecular formula is C19H30N4. The minimum Gasteiger partial charge on any atom is -0.357 e. The summed E-state index contributed by atoms with van der Waals surface area (Å²) >= 11 is 0. The Kier molecular flexibility index (Phi) is 5.19. The number of nitrogens with one attached hydrogen (secondary N) is 1. The molecule has 1 aliphatic heterocycles. The Balaban J connectivity index is 1.67. The molecule has 2 aliphatic rings. The molecule has 1 N–H and O–H groups in total. The lowest BCUT2D eigenvalue weighted by Gasteiger charge is -2.33. The largest absolute Gasteiger partial charge is 0.357 e. The smallest absolute Gasteiger partial charge is 0.194 e. The van der Waals surface area contributed by atoms with Crippen molar-refractivity contribution in [1.82, 2.24) is 15.2 Å². The number of likely N-dealkylation sites (tertiary alicyclic amines) is 1. The van der Waals surface area contributed by atoms with Gasteiger partial charge in [-0.2, -0.15) is 0 Å². The van der Waals surface area contributed by atoms with Crippen LogP contribution in [0.25, 0.3) is 0 Å². The second-order valence-corrected chi connectivity index (χ2v) is 7.17. The van der Waals surface area contributed by atoms with E-state index >= 15 is 0 Å². The highest BCUT2D eigenvalue weighted by atomic mass is 15.3. The van der Waals surface area contributed by atoms with Crippen LogP contribution in [0.5, 0.6) is 0 Å². The zero-order chi connectivity index (χ0) is 16.1. The first-order chi connectivity index (χ1) is 11.2. The molecule has 0 bridgehead atoms. The van der Waals surface area contributed by atoms with E-state index < -0.39 is 0 Å². The summed E-state index contributed by atoms with van der Waals surface area (Å²) in [6.07, 6.45) is 8.39. The van der Waals surface area contributed by atoms with Crippen molar-refractivity contribution in [2.45, 2.75) is 58.9 Å². The topological polar surface area (TPSA) is 40.5 Å². The summed E-state index contributed by atoms with van der Waals surface area (Å²) in [5.41, 5.74) is 2.67. The lowest BCUT2D eigenvalue weighted by atomic mass is 9.73. The Morgan fingerprint density at radius 3 is 2.83 bits per heavy atom. The van der Waals surface area contributed by atoms with E-state index in [1.54, 1.807) is 0 Å². The van der Waals surface area contributed by atoms with Gasteiger partial charge in [-0.05, 0) is 50.7 Å². The van der Waals surface area contributed by atoms with Gasteiger partial charge in [0.25, 0.3) is 0 Å². The standard InChI is InChI=1S/C19H30N4/c1-3-20-18(21-14-17-9-7-8-16(2)22-17)23-13-12-19(15-23)10-5-4-6-11-19/h7-9H,3-6,10-15H2,1-2H3,(H,20,21). The number of nitrogens with zero attached hydrogens (tertiary/aromatic N) is 3. The summed E-state index contributed by atoms with van der Waals surface area (Å²) in [6, 6.07) is 6.16. The number of aliphatic imine (C=N–C) groups is 1. The summed E-state index contributed by atoms with van der Waals surface area (Å²) in [5.74, 6) is 1.07. The SMILES string of the molecule is CCNC(=NCc1cccc(C)n1)N1CCC2(CCCCC2)C1. The molecule has 1 aromatic rings. The average molecular weight is 314 g/mol. The highest BCUT2D eigenvalue weighted by Crippen LogP contribution is 2.43. The van der Waals surface area contributed by atoms with Crippen LogP contribution < -0.4 is 5.32 Å². The molecule has 1 spiro atoms. The van der Waals surface area contributed by atoms with Crippen LogP contribution >= 0.6 is 0 Å². The van der Waals surface area contributed by atoms with Gasteiger partial charge in [0.15, 0.2) is 5.96 Å². The summed E-state index contributed by atoms with van der Waals surface area (Å²) in [4.78, 5) is 11.9. The second-order valence-electron chi connectivity index (χ2n) is 7.17. The van der Waals surface area contributed by atoms with Crippen LogP contribution in [0.2, 0.25) is 0 Å². The van der Waals surface area contributed by atoms with Crippen molar-refractivity contribution in [3.8, 4) is 0 Å². The molecule has 126 valence electrons. The van der Waals surface area contributed by atoms with Gasteiger partial charge in [-0.15, -0.1) is 0 Å². The molecule has 4 heteroatoms. The molecule has 0 amide bonds. The minimum absolute atomic E-state index is 0.566. The van der Waals surface area contributed by atoms with Crippen molar-refractivity contribution in [2.24, 2.45) is 10.4 Å². The Morgan fingerprint density at radius 1 is 1.26 bits per heavy atom. The van der Waals surface area contributed by atoms with Gasteiger partial charge in [-0.3, -0.25) is 4.98 Å². The molecule has 1 saturated carbocycles. The van der Waals surface area contributed by atoms with Gasteiger partial charge in [0, 0.05) is 25.3 Å². The van der Waals surface area contributed by atoms with Crippen LogP contribution in [-0.2, 0) is 6.54 Å². The van der Waals surface area contributed by atoms with E-state index in [9.17, 15) is 0 Å². The first-order valence-electron chi connectivity index (χ1n) is 9.17. The maximum Gasteiger partial charge on any atom is 0.194 e. The van der Waals surface area contributed by atoms with Gasteiger partial charge in [-0.25, -0.2) is 4.99 Å². The van der Waals surface area contributed by atoms with Gasteiger partial charge in [-0.1, -0.05) is 25.3 Å². The molecule has 1 aliphatic carbocycles. The molecule has 2 fully saturated rings. The normalized spacial score (nSPS) is 21.0. The third kappa shape index (κ3) is 4.04. The third-order valence-corrected chi connectivity index (χ3v) is 5.32. The average Bonchev–Trinajstić information content (AvgIpc) is 2.95. The maximum atomic E-state index is 4.85. The van der Waals surface area contributed by atoms with Crippen LogP contribution in [0.1, 0.15) is 56.8 Å². The lowest BCUT2D eigenvalue weighted by molar-refractivity contribution is 0.203. The van der Waals surface area contributed by atoms with Gasteiger partial charge in [0.1, 0.15) is 0 Å². The molecule has 4 nitrogen and oxygen atoms in total. The van der Waals surface area contributed by atoms with Gasteiger partial charge in [0.05, 0.1) is 12.2 Å². The lowest BCUT2D eigenvalue weighted by Crippen LogP contribution is -2.41. The van der Waals surface area contributed by atoms with Crippen molar-refractivity contribution in [2.75, 3.05) is 19.6 Å². The maximum absolute atomic E-state index is 4.85. The van der Waals surface area contributed by atoms with E-state index in [0.29, 0.717) is 12.0 Å². The number of guanidine groups is 1. The number of pyridine rings is 1. The molecule has 0 atom stereocenters. The summed E-state index contributed by atoms with van der Waals surface area (Å²) in [7, 11) is 0. The number of aryl methyl sites for hydroxylation is 1. The predicted molar refractivity (Wildman–Crippen MR) is 95.5 cm³/mol. The molecule has 1 aromatic heterocycles. The number of hydrogen-bond donors (Lipinski definition) is 1. The van der Waals surface area contributed by atoms with Crippen molar-refractivity contribution in [3.05, 3.63) is 29.6 Å². The fourth-order valence-corrected chi connectivity index (χ4v) is 4.10. The monoisotopic (exact) mass is 314 g/mol. The first-order valence-corrected chi connectivity index (χ1v) is 9.17. The Morgan fingerprint density at radius 2 is 2.09 bits per heavy atom. The van der Waals surface area contributed by atoms with Crippen molar-refractivity contribution >= 4 is 5.96 Å². The van der Waals surface area contributed by atoms with E-state index in [-0.39, 0.29) is 0 Å². The molecule has 1 saturated heterocycles. The van der Waals surface area contributed by atoms with Crippen molar-refractivity contribution in [1.29, 1.82) is 0 Å². The third-order valence-electron chi connectivity index (χ3n) is 5.32. The van der Waals surface area contributed by atoms with Crippen LogP contribution in [0, 0.1) is 12.3 Å². The van der Waals surface area contributed by atoms with E-state index in [1.165, 1.54) is 45.1 Å². The zero-order valence-corrected chi connectivity index (χ0v) is 14.6. The van der Waals surface area contributed by atoms with Crippen LogP contribution in [-0.4, -0.2) is 35.5 Å². The van der Waals surface area contributed by atoms with E-state index in [1.807, 2.05) is 13.0 Å². The minimum atomic E-state index is 0.566. The quantitative estimate of drug-likeness (QED) is 0.685. The van der Waals surface area contributed by atoms with E-state index in [2.05, 4.69) is 34.3 Å². The highest BCUT2D eigenvalue weighted by molar-refractivity contribution is 5.80. The molecular weight excluding hydrogens is 284 g/mol.